The number of hydrogen-bond acceptors (Lipinski definition) is 16. The molecule has 0 aliphatic carbocycles. The summed E-state index contributed by atoms with van der Waals surface area (Å²) in [4.78, 5) is 0. The number of rotatable bonds is 8. The smallest absolute Gasteiger partial charge is 0.187 e. The minimum Gasteiger partial charge on any atom is -0.394 e. The standard InChI is InChI=1S/C22H40O16/c1-22(2,3)38-21-15(31)13(29)17(9(6-25)35-21)36-20-16(32)18(11(27)8(5-24)34-20)37-19-14(30)12(28)10(26)7(4-23)33-19/h7-21,23-32H,4-6H2,1-3H3/t7?,8?,9?,10-,11-,12?,13?,14-,15-,16-,17+,18?,19+,20-,21-/m0/s1. The van der Waals surface area contributed by atoms with Crippen molar-refractivity contribution in [1.29, 1.82) is 0 Å². The first-order chi connectivity index (χ1) is 17.7. The molecule has 16 heteroatoms. The van der Waals surface area contributed by atoms with Gasteiger partial charge in [-0.25, -0.2) is 0 Å². The summed E-state index contributed by atoms with van der Waals surface area (Å²) in [5, 5.41) is 102. The van der Waals surface area contributed by atoms with Gasteiger partial charge in [0.15, 0.2) is 18.9 Å². The lowest BCUT2D eigenvalue weighted by Gasteiger charge is -2.48. The molecule has 15 atom stereocenters. The van der Waals surface area contributed by atoms with Crippen LogP contribution in [0.15, 0.2) is 0 Å². The monoisotopic (exact) mass is 560 g/mol. The lowest BCUT2D eigenvalue weighted by atomic mass is 9.96. The molecule has 224 valence electrons. The fourth-order valence-corrected chi connectivity index (χ4v) is 4.48. The van der Waals surface area contributed by atoms with Crippen LogP contribution in [0.25, 0.3) is 0 Å². The maximum Gasteiger partial charge on any atom is 0.187 e. The summed E-state index contributed by atoms with van der Waals surface area (Å²) in [7, 11) is 0. The molecule has 0 radical (unpaired) electrons. The Morgan fingerprint density at radius 2 is 0.947 bits per heavy atom. The Morgan fingerprint density at radius 1 is 0.500 bits per heavy atom. The number of ether oxygens (including phenoxy) is 6. The van der Waals surface area contributed by atoms with Gasteiger partial charge < -0.3 is 79.5 Å². The van der Waals surface area contributed by atoms with Gasteiger partial charge in [0.1, 0.15) is 73.2 Å². The summed E-state index contributed by atoms with van der Waals surface area (Å²) in [6.45, 7) is 2.83. The number of aliphatic hydroxyl groups excluding tert-OH is 10. The van der Waals surface area contributed by atoms with Crippen molar-refractivity contribution in [3.8, 4) is 0 Å². The first-order valence-corrected chi connectivity index (χ1v) is 12.3. The topological polar surface area (TPSA) is 258 Å². The van der Waals surface area contributed by atoms with Crippen LogP contribution in [-0.2, 0) is 28.4 Å². The average molecular weight is 561 g/mol. The average Bonchev–Trinajstić information content (AvgIpc) is 2.86. The van der Waals surface area contributed by atoms with Crippen LogP contribution < -0.4 is 0 Å². The molecule has 3 aliphatic heterocycles. The Labute approximate surface area is 218 Å². The molecule has 0 bridgehead atoms. The summed E-state index contributed by atoms with van der Waals surface area (Å²) in [5.41, 5.74) is -0.777. The van der Waals surface area contributed by atoms with Gasteiger partial charge >= 0.3 is 0 Å². The van der Waals surface area contributed by atoms with Crippen molar-refractivity contribution in [3.63, 3.8) is 0 Å². The zero-order chi connectivity index (χ0) is 28.5. The van der Waals surface area contributed by atoms with Crippen LogP contribution in [0.5, 0.6) is 0 Å². The third-order valence-corrected chi connectivity index (χ3v) is 6.54. The molecular formula is C22H40O16. The molecule has 38 heavy (non-hydrogen) atoms. The Morgan fingerprint density at radius 3 is 1.47 bits per heavy atom. The molecule has 0 spiro atoms. The second kappa shape index (κ2) is 12.9. The van der Waals surface area contributed by atoms with Crippen molar-refractivity contribution in [2.24, 2.45) is 0 Å². The van der Waals surface area contributed by atoms with Crippen LogP contribution in [0.2, 0.25) is 0 Å². The maximum absolute atomic E-state index is 10.9. The Hall–Kier alpha value is -0.640. The van der Waals surface area contributed by atoms with E-state index in [1.807, 2.05) is 0 Å². The second-order valence-corrected chi connectivity index (χ2v) is 10.5. The molecule has 6 unspecified atom stereocenters. The molecule has 3 aliphatic rings. The van der Waals surface area contributed by atoms with E-state index >= 15 is 0 Å². The van der Waals surface area contributed by atoms with E-state index < -0.39 is 118 Å². The molecule has 0 aromatic rings. The van der Waals surface area contributed by atoms with Crippen molar-refractivity contribution in [1.82, 2.24) is 0 Å². The van der Waals surface area contributed by atoms with Crippen molar-refractivity contribution in [2.45, 2.75) is 118 Å². The highest BCUT2D eigenvalue weighted by atomic mass is 16.8. The Kier molecular flexibility index (Phi) is 10.8. The van der Waals surface area contributed by atoms with Crippen LogP contribution in [0.1, 0.15) is 20.8 Å². The molecular weight excluding hydrogens is 520 g/mol. The highest BCUT2D eigenvalue weighted by Crippen LogP contribution is 2.33. The minimum absolute atomic E-state index is 0.696. The molecule has 3 rings (SSSR count). The molecule has 3 heterocycles. The third-order valence-electron chi connectivity index (χ3n) is 6.54. The van der Waals surface area contributed by atoms with E-state index in [1.54, 1.807) is 20.8 Å². The molecule has 0 aromatic heterocycles. The van der Waals surface area contributed by atoms with Crippen LogP contribution in [-0.4, -0.2) is 169 Å². The van der Waals surface area contributed by atoms with Crippen molar-refractivity contribution < 1.29 is 79.5 Å². The number of aliphatic hydroxyl groups is 10. The molecule has 0 amide bonds. The molecule has 16 nitrogen and oxygen atoms in total. The van der Waals surface area contributed by atoms with Crippen LogP contribution in [0.3, 0.4) is 0 Å². The summed E-state index contributed by atoms with van der Waals surface area (Å²) in [5.74, 6) is 0. The summed E-state index contributed by atoms with van der Waals surface area (Å²) in [6.07, 6.45) is -24.3. The van der Waals surface area contributed by atoms with Gasteiger partial charge in [-0.1, -0.05) is 0 Å². The molecule has 3 fully saturated rings. The van der Waals surface area contributed by atoms with Crippen molar-refractivity contribution in [2.75, 3.05) is 19.8 Å². The van der Waals surface area contributed by atoms with Gasteiger partial charge in [-0.2, -0.15) is 0 Å². The molecule has 0 saturated carbocycles. The summed E-state index contributed by atoms with van der Waals surface area (Å²) >= 11 is 0. The predicted molar refractivity (Wildman–Crippen MR) is 120 cm³/mol. The van der Waals surface area contributed by atoms with Gasteiger partial charge in [-0.05, 0) is 20.8 Å². The van der Waals surface area contributed by atoms with E-state index in [9.17, 15) is 51.1 Å². The van der Waals surface area contributed by atoms with E-state index in [1.165, 1.54) is 0 Å². The van der Waals surface area contributed by atoms with Crippen molar-refractivity contribution >= 4 is 0 Å². The van der Waals surface area contributed by atoms with Gasteiger partial charge in [0.25, 0.3) is 0 Å². The quantitative estimate of drug-likeness (QED) is 0.133. The lowest BCUT2D eigenvalue weighted by molar-refractivity contribution is -0.383. The fourth-order valence-electron chi connectivity index (χ4n) is 4.48. The van der Waals surface area contributed by atoms with Crippen LogP contribution in [0.4, 0.5) is 0 Å². The summed E-state index contributed by atoms with van der Waals surface area (Å²) in [6, 6.07) is 0. The van der Waals surface area contributed by atoms with Gasteiger partial charge in [-0.3, -0.25) is 0 Å². The fraction of sp³-hybridized carbons (Fsp3) is 1.00. The minimum atomic E-state index is -1.88. The Balaban J connectivity index is 1.77. The summed E-state index contributed by atoms with van der Waals surface area (Å²) < 4.78 is 33.0. The van der Waals surface area contributed by atoms with E-state index in [0.717, 1.165) is 0 Å². The van der Waals surface area contributed by atoms with E-state index in [4.69, 9.17) is 28.4 Å². The highest BCUT2D eigenvalue weighted by Gasteiger charge is 2.54. The van der Waals surface area contributed by atoms with E-state index in [2.05, 4.69) is 0 Å². The lowest BCUT2D eigenvalue weighted by Crippen LogP contribution is -2.67. The van der Waals surface area contributed by atoms with Gasteiger partial charge in [-0.15, -0.1) is 0 Å². The van der Waals surface area contributed by atoms with Gasteiger partial charge in [0, 0.05) is 0 Å². The van der Waals surface area contributed by atoms with Gasteiger partial charge in [0.2, 0.25) is 0 Å². The molecule has 3 saturated heterocycles. The SMILES string of the molecule is CC(C)(C)O[C@@H]1OC(CO)[C@@H](O[C@@H]2OC(CO)[C@H](O)C(O[C@H]3OC(CO)[C@H](O)C(O)[C@@H]3O)[C@@H]2O)C(O)[C@@H]1O. The first kappa shape index (κ1) is 31.9. The third kappa shape index (κ3) is 6.80. The predicted octanol–water partition coefficient (Wildman–Crippen LogP) is -5.75. The molecule has 0 aromatic carbocycles. The van der Waals surface area contributed by atoms with Crippen molar-refractivity contribution in [3.05, 3.63) is 0 Å². The second-order valence-electron chi connectivity index (χ2n) is 10.5. The van der Waals surface area contributed by atoms with E-state index in [-0.39, 0.29) is 0 Å². The largest absolute Gasteiger partial charge is 0.394 e. The zero-order valence-electron chi connectivity index (χ0n) is 21.2. The Bertz CT molecular complexity index is 733. The number of hydrogen-bond donors (Lipinski definition) is 10. The maximum atomic E-state index is 10.9. The van der Waals surface area contributed by atoms with Crippen LogP contribution >= 0.6 is 0 Å². The normalized spacial score (nSPS) is 48.7. The van der Waals surface area contributed by atoms with E-state index in [0.29, 0.717) is 0 Å². The first-order valence-electron chi connectivity index (χ1n) is 12.3. The molecule has 10 N–H and O–H groups in total. The highest BCUT2D eigenvalue weighted by molar-refractivity contribution is 4.96. The van der Waals surface area contributed by atoms with Crippen LogP contribution in [0, 0.1) is 0 Å². The zero-order valence-corrected chi connectivity index (χ0v) is 21.2. The van der Waals surface area contributed by atoms with Gasteiger partial charge in [0.05, 0.1) is 25.4 Å².